The van der Waals surface area contributed by atoms with E-state index in [1.807, 2.05) is 74.5 Å². The molecule has 2 aromatic carbocycles. The molecule has 7 atom stereocenters. The average Bonchev–Trinajstić information content (AvgIpc) is 3.75. The van der Waals surface area contributed by atoms with Crippen molar-refractivity contribution in [2.24, 2.45) is 17.3 Å². The molecule has 0 saturated carbocycles. The summed E-state index contributed by atoms with van der Waals surface area (Å²) >= 11 is 0. The summed E-state index contributed by atoms with van der Waals surface area (Å²) in [6, 6.07) is 16.3. The van der Waals surface area contributed by atoms with E-state index in [4.69, 9.17) is 9.47 Å². The first-order valence-electron chi connectivity index (χ1n) is 18.4. The maximum atomic E-state index is 15.2. The molecule has 0 unspecified atom stereocenters. The van der Waals surface area contributed by atoms with Crippen molar-refractivity contribution in [2.75, 3.05) is 19.7 Å². The second kappa shape index (κ2) is 15.8. The number of carbonyl (C=O) groups excluding carboxylic acids is 4. The van der Waals surface area contributed by atoms with Crippen LogP contribution in [-0.4, -0.2) is 81.6 Å². The van der Waals surface area contributed by atoms with Gasteiger partial charge in [-0.3, -0.25) is 19.2 Å². The predicted molar refractivity (Wildman–Crippen MR) is 198 cm³/mol. The molecule has 5 rings (SSSR count). The van der Waals surface area contributed by atoms with Crippen molar-refractivity contribution in [3.63, 3.8) is 0 Å². The van der Waals surface area contributed by atoms with Crippen LogP contribution in [0.25, 0.3) is 0 Å². The van der Waals surface area contributed by atoms with Gasteiger partial charge in [0.05, 0.1) is 37.1 Å². The van der Waals surface area contributed by atoms with Gasteiger partial charge in [-0.25, -0.2) is 0 Å². The van der Waals surface area contributed by atoms with Gasteiger partial charge < -0.3 is 29.7 Å². The Hall–Kier alpha value is -4.28. The van der Waals surface area contributed by atoms with E-state index in [-0.39, 0.29) is 36.7 Å². The second-order valence-corrected chi connectivity index (χ2v) is 16.2. The molecule has 0 radical (unpaired) electrons. The van der Waals surface area contributed by atoms with E-state index >= 15 is 4.79 Å². The Morgan fingerprint density at radius 1 is 1.04 bits per heavy atom. The van der Waals surface area contributed by atoms with Gasteiger partial charge in [0.2, 0.25) is 17.7 Å². The minimum absolute atomic E-state index is 0.0426. The number of nitrogens with one attached hydrogen (secondary N) is 1. The van der Waals surface area contributed by atoms with Crippen molar-refractivity contribution in [1.29, 1.82) is 0 Å². The van der Waals surface area contributed by atoms with Crippen LogP contribution in [0.2, 0.25) is 0 Å². The lowest BCUT2D eigenvalue weighted by molar-refractivity contribution is -0.161. The maximum Gasteiger partial charge on any atom is 0.313 e. The number of hydrogen-bond donors (Lipinski definition) is 2. The third kappa shape index (κ3) is 7.74. The number of ether oxygens (including phenoxy) is 2. The monoisotopic (exact) mass is 713 g/mol. The molecule has 3 fully saturated rings. The number of allylic oxidation sites excluding steroid dienone is 1. The molecule has 3 saturated heterocycles. The van der Waals surface area contributed by atoms with E-state index in [1.54, 1.807) is 17.1 Å². The van der Waals surface area contributed by atoms with Crippen molar-refractivity contribution in [3.8, 4) is 0 Å². The number of benzene rings is 2. The Bertz CT molecular complexity index is 1620. The maximum absolute atomic E-state index is 15.2. The molecule has 2 bridgehead atoms. The molecule has 10 heteroatoms. The molecular weight excluding hydrogens is 658 g/mol. The smallest absolute Gasteiger partial charge is 0.313 e. The van der Waals surface area contributed by atoms with Gasteiger partial charge in [-0.15, -0.1) is 13.2 Å². The summed E-state index contributed by atoms with van der Waals surface area (Å²) in [5.41, 5.74) is -0.714. The summed E-state index contributed by atoms with van der Waals surface area (Å²) < 4.78 is 13.0. The largest absolute Gasteiger partial charge is 0.455 e. The van der Waals surface area contributed by atoms with Gasteiger partial charge in [0.1, 0.15) is 17.7 Å². The number of esters is 1. The van der Waals surface area contributed by atoms with Gasteiger partial charge in [0.25, 0.3) is 0 Å². The van der Waals surface area contributed by atoms with Crippen molar-refractivity contribution in [2.45, 2.75) is 102 Å². The second-order valence-electron chi connectivity index (χ2n) is 16.2. The number of nitrogens with zero attached hydrogens (tertiary/aromatic N) is 2. The van der Waals surface area contributed by atoms with Crippen LogP contribution in [0.1, 0.15) is 90.0 Å². The highest BCUT2D eigenvalue weighted by atomic mass is 16.6. The van der Waals surface area contributed by atoms with E-state index in [9.17, 15) is 19.5 Å². The Kier molecular flexibility index (Phi) is 11.8. The zero-order valence-electron chi connectivity index (χ0n) is 31.3. The van der Waals surface area contributed by atoms with Crippen LogP contribution < -0.4 is 5.32 Å². The first-order valence-corrected chi connectivity index (χ1v) is 18.4. The Balaban J connectivity index is 1.54. The summed E-state index contributed by atoms with van der Waals surface area (Å²) in [6.07, 6.45) is 4.17. The molecule has 3 amide bonds. The lowest BCUT2D eigenvalue weighted by Gasteiger charge is -2.46. The number of fused-ring (bicyclic) bond motifs is 1. The Morgan fingerprint density at radius 3 is 2.25 bits per heavy atom. The highest BCUT2D eigenvalue weighted by Crippen LogP contribution is 2.60. The molecule has 3 heterocycles. The van der Waals surface area contributed by atoms with Crippen LogP contribution in [0, 0.1) is 17.3 Å². The van der Waals surface area contributed by atoms with Crippen LogP contribution in [0.15, 0.2) is 86.0 Å². The van der Waals surface area contributed by atoms with E-state index < -0.39 is 65.8 Å². The molecule has 1 spiro atoms. The third-order valence-corrected chi connectivity index (χ3v) is 10.7. The normalized spacial score (nSPS) is 24.9. The number of aliphatic hydroxyl groups is 1. The molecule has 2 aromatic rings. The fourth-order valence-electron chi connectivity index (χ4n) is 8.95. The van der Waals surface area contributed by atoms with Gasteiger partial charge in [-0.05, 0) is 56.1 Å². The zero-order valence-corrected chi connectivity index (χ0v) is 31.3. The minimum Gasteiger partial charge on any atom is -0.455 e. The van der Waals surface area contributed by atoms with Crippen molar-refractivity contribution >= 4 is 23.7 Å². The topological polar surface area (TPSA) is 125 Å². The first kappa shape index (κ1) is 38.9. The number of carbonyl (C=O) groups is 4. The van der Waals surface area contributed by atoms with Crippen molar-refractivity contribution in [1.82, 2.24) is 15.1 Å². The number of aliphatic hydroxyl groups excluding tert-OH is 1. The van der Waals surface area contributed by atoms with Gasteiger partial charge >= 0.3 is 5.97 Å². The van der Waals surface area contributed by atoms with Crippen LogP contribution >= 0.6 is 0 Å². The number of rotatable bonds is 16. The molecule has 0 aromatic heterocycles. The molecular formula is C42H55N3O7. The van der Waals surface area contributed by atoms with Gasteiger partial charge in [-0.1, -0.05) is 93.6 Å². The van der Waals surface area contributed by atoms with Crippen LogP contribution in [-0.2, 0) is 28.7 Å². The fraction of sp³-hybridized carbons (Fsp3) is 0.524. The van der Waals surface area contributed by atoms with Gasteiger partial charge in [0, 0.05) is 18.5 Å². The first-order chi connectivity index (χ1) is 24.7. The van der Waals surface area contributed by atoms with Crippen molar-refractivity contribution in [3.05, 3.63) is 97.1 Å². The molecule has 2 N–H and O–H groups in total. The molecule has 3 aliphatic heterocycles. The SMILES string of the molecule is C=CCCC(=O)NC[C@H](OC(=O)[C@@H]1[C@@H]2CC[C@]3(O2)[C@H](C(=O)N(CC=C)C(C)(C)CC(C)(C)C)N([C@H](CO)c2ccccc2)C(=O)[C@@H]13)c1ccccc1. The van der Waals surface area contributed by atoms with Crippen molar-refractivity contribution < 1.29 is 33.8 Å². The lowest BCUT2D eigenvalue weighted by atomic mass is 9.70. The summed E-state index contributed by atoms with van der Waals surface area (Å²) in [5.74, 6) is -3.56. The summed E-state index contributed by atoms with van der Waals surface area (Å²) in [5, 5.41) is 13.8. The lowest BCUT2D eigenvalue weighted by Crippen LogP contribution is -2.61. The summed E-state index contributed by atoms with van der Waals surface area (Å²) in [6.45, 7) is 17.9. The van der Waals surface area contributed by atoms with E-state index in [2.05, 4.69) is 39.2 Å². The van der Waals surface area contributed by atoms with Crippen LogP contribution in [0.4, 0.5) is 0 Å². The summed E-state index contributed by atoms with van der Waals surface area (Å²) in [4.78, 5) is 60.4. The summed E-state index contributed by atoms with van der Waals surface area (Å²) in [7, 11) is 0. The zero-order chi connectivity index (χ0) is 37.8. The average molecular weight is 714 g/mol. The highest BCUT2D eigenvalue weighted by molar-refractivity contribution is 5.98. The Labute approximate surface area is 308 Å². The third-order valence-electron chi connectivity index (χ3n) is 10.7. The number of likely N-dealkylation sites (tertiary alicyclic amines) is 1. The highest BCUT2D eigenvalue weighted by Gasteiger charge is 2.76. The van der Waals surface area contributed by atoms with E-state index in [1.165, 1.54) is 4.90 Å². The van der Waals surface area contributed by atoms with Gasteiger partial charge in [0.15, 0.2) is 0 Å². The van der Waals surface area contributed by atoms with Crippen LogP contribution in [0.5, 0.6) is 0 Å². The predicted octanol–water partition coefficient (Wildman–Crippen LogP) is 5.69. The van der Waals surface area contributed by atoms with E-state index in [0.717, 1.165) is 0 Å². The molecule has 10 nitrogen and oxygen atoms in total. The minimum atomic E-state index is -1.32. The Morgan fingerprint density at radius 2 is 1.67 bits per heavy atom. The standard InChI is InChI=1S/C42H55N3O7/c1-8-10-21-33(47)43-25-32(29-19-15-12-16-20-29)51-39(50)34-31-22-23-42(52-31)35(34)37(48)45(30(26-46)28-17-13-11-14-18-28)36(42)38(49)44(24-9-2)41(6,7)27-40(3,4)5/h8-9,11-20,30-32,34-36,46H,1-2,10,21-27H2,3-7H3,(H,43,47)/t30-,31+,32+,34-,35-,36+,42-/m1/s1. The quantitative estimate of drug-likeness (QED) is 0.169. The molecule has 3 aliphatic rings. The van der Waals surface area contributed by atoms with E-state index in [0.29, 0.717) is 36.8 Å². The number of amides is 3. The molecule has 52 heavy (non-hydrogen) atoms. The number of hydrogen-bond acceptors (Lipinski definition) is 7. The van der Waals surface area contributed by atoms with Crippen LogP contribution in [0.3, 0.4) is 0 Å². The van der Waals surface area contributed by atoms with Gasteiger partial charge in [-0.2, -0.15) is 0 Å². The molecule has 280 valence electrons. The molecule has 0 aliphatic carbocycles. The fourth-order valence-corrected chi connectivity index (χ4v) is 8.95.